The maximum atomic E-state index is 12.5. The van der Waals surface area contributed by atoms with Crippen molar-refractivity contribution in [2.24, 2.45) is 0 Å². The van der Waals surface area contributed by atoms with Gasteiger partial charge >= 0.3 is 6.09 Å². The average molecular weight is 668 g/mol. The van der Waals surface area contributed by atoms with Gasteiger partial charge in [0.25, 0.3) is 0 Å². The fourth-order valence-electron chi connectivity index (χ4n) is 6.01. The van der Waals surface area contributed by atoms with Gasteiger partial charge in [-0.25, -0.2) is 14.2 Å². The molecule has 13 nitrogen and oxygen atoms in total. The summed E-state index contributed by atoms with van der Waals surface area (Å²) in [4.78, 5) is 17.4. The number of anilines is 2. The van der Waals surface area contributed by atoms with Gasteiger partial charge in [-0.2, -0.15) is 10.1 Å². The second-order valence-corrected chi connectivity index (χ2v) is 12.4. The molecule has 5 aromatic rings. The summed E-state index contributed by atoms with van der Waals surface area (Å²) in [5, 5.41) is 16.8. The number of hydrogen-bond acceptors (Lipinski definition) is 10. The molecule has 7 rings (SSSR count). The minimum atomic E-state index is -0.656. The first kappa shape index (κ1) is 32.6. The molecule has 13 heteroatoms. The largest absolute Gasteiger partial charge is 0.491 e. The van der Waals surface area contributed by atoms with E-state index in [-0.39, 0.29) is 25.7 Å². The molecule has 0 spiro atoms. The summed E-state index contributed by atoms with van der Waals surface area (Å²) in [6.07, 6.45) is 4.75. The number of fused-ring (bicyclic) bond motifs is 1. The summed E-state index contributed by atoms with van der Waals surface area (Å²) in [6.45, 7) is 3.86. The Hall–Kier alpha value is -4.98. The number of rotatable bonds is 13. The van der Waals surface area contributed by atoms with Crippen molar-refractivity contribution in [2.75, 3.05) is 38.9 Å². The van der Waals surface area contributed by atoms with Crippen molar-refractivity contribution in [1.29, 1.82) is 0 Å². The molecule has 1 amide bonds. The Morgan fingerprint density at radius 2 is 1.92 bits per heavy atom. The molecule has 0 bridgehead atoms. The summed E-state index contributed by atoms with van der Waals surface area (Å²) < 4.78 is 32.4. The van der Waals surface area contributed by atoms with Gasteiger partial charge < -0.3 is 34.3 Å². The number of methoxy groups -OCH3 is 1. The van der Waals surface area contributed by atoms with Gasteiger partial charge in [0, 0.05) is 30.4 Å². The van der Waals surface area contributed by atoms with Gasteiger partial charge in [0.05, 0.1) is 24.9 Å². The molecule has 2 aliphatic rings. The fourth-order valence-corrected chi connectivity index (χ4v) is 6.01. The molecule has 256 valence electrons. The van der Waals surface area contributed by atoms with Crippen molar-refractivity contribution < 1.29 is 28.5 Å². The van der Waals surface area contributed by atoms with Crippen LogP contribution in [-0.2, 0) is 25.6 Å². The van der Waals surface area contributed by atoms with Gasteiger partial charge in [-0.1, -0.05) is 37.3 Å². The summed E-state index contributed by atoms with van der Waals surface area (Å²) in [7, 11) is 1.70. The van der Waals surface area contributed by atoms with Gasteiger partial charge in [0.15, 0.2) is 12.1 Å². The first-order chi connectivity index (χ1) is 24.0. The topological polar surface area (TPSA) is 136 Å². The third-order valence-corrected chi connectivity index (χ3v) is 8.77. The minimum absolute atomic E-state index is 0.124. The highest BCUT2D eigenvalue weighted by atomic mass is 16.6. The second kappa shape index (κ2) is 14.6. The Labute approximate surface area is 284 Å². The van der Waals surface area contributed by atoms with Crippen LogP contribution in [0.15, 0.2) is 79.0 Å². The number of ether oxygens (including phenoxy) is 5. The van der Waals surface area contributed by atoms with Crippen molar-refractivity contribution in [3.63, 3.8) is 0 Å². The SMILES string of the molecule is CCC(OC)n1ncc2cc(Nc3nc(-c4ccc(OCC5(NC(=O)OCc6ccccc6)COC5)cc4)nn3C3CCCCO3)ccc21. The lowest BCUT2D eigenvalue weighted by molar-refractivity contribution is -0.0901. The van der Waals surface area contributed by atoms with E-state index in [1.165, 1.54) is 0 Å². The average Bonchev–Trinajstić information content (AvgIpc) is 3.74. The zero-order valence-corrected chi connectivity index (χ0v) is 27.7. The lowest BCUT2D eigenvalue weighted by Crippen LogP contribution is -2.65. The number of benzene rings is 3. The van der Waals surface area contributed by atoms with Crippen molar-refractivity contribution in [3.05, 3.63) is 84.6 Å². The van der Waals surface area contributed by atoms with Crippen molar-refractivity contribution in [3.8, 4) is 17.1 Å². The van der Waals surface area contributed by atoms with Crippen LogP contribution in [0.2, 0.25) is 0 Å². The van der Waals surface area contributed by atoms with Crippen LogP contribution in [-0.4, -0.2) is 69.7 Å². The summed E-state index contributed by atoms with van der Waals surface area (Å²) in [5.74, 6) is 1.81. The molecule has 3 aromatic carbocycles. The Morgan fingerprint density at radius 1 is 1.08 bits per heavy atom. The highest BCUT2D eigenvalue weighted by Gasteiger charge is 2.41. The van der Waals surface area contributed by atoms with Gasteiger partial charge in [0.2, 0.25) is 5.95 Å². The van der Waals surface area contributed by atoms with E-state index in [0.29, 0.717) is 37.3 Å². The molecule has 0 saturated carbocycles. The van der Waals surface area contributed by atoms with E-state index >= 15 is 0 Å². The van der Waals surface area contributed by atoms with Crippen LogP contribution < -0.4 is 15.4 Å². The van der Waals surface area contributed by atoms with E-state index in [4.69, 9.17) is 33.8 Å². The number of nitrogens with zero attached hydrogens (tertiary/aromatic N) is 5. The molecule has 49 heavy (non-hydrogen) atoms. The predicted molar refractivity (Wildman–Crippen MR) is 182 cm³/mol. The number of hydrogen-bond donors (Lipinski definition) is 2. The highest BCUT2D eigenvalue weighted by molar-refractivity contribution is 5.83. The third-order valence-electron chi connectivity index (χ3n) is 8.77. The van der Waals surface area contributed by atoms with Crippen LogP contribution in [0.25, 0.3) is 22.3 Å². The maximum absolute atomic E-state index is 12.5. The molecule has 2 aliphatic heterocycles. The quantitative estimate of drug-likeness (QED) is 0.146. The van der Waals surface area contributed by atoms with Crippen LogP contribution in [0, 0.1) is 0 Å². The number of nitrogens with one attached hydrogen (secondary N) is 2. The van der Waals surface area contributed by atoms with Crippen molar-refractivity contribution in [2.45, 2.75) is 57.2 Å². The third kappa shape index (κ3) is 7.38. The Bertz CT molecular complexity index is 1850. The maximum Gasteiger partial charge on any atom is 0.408 e. The number of amides is 1. The first-order valence-corrected chi connectivity index (χ1v) is 16.7. The normalized spacial score (nSPS) is 17.6. The van der Waals surface area contributed by atoms with Gasteiger partial charge in [-0.05, 0) is 73.7 Å². The molecule has 2 saturated heterocycles. The molecule has 0 radical (unpaired) electrons. The van der Waals surface area contributed by atoms with Crippen LogP contribution in [0.5, 0.6) is 5.75 Å². The molecule has 4 heterocycles. The number of carbonyl (C=O) groups excluding carboxylic acids is 1. The smallest absolute Gasteiger partial charge is 0.408 e. The van der Waals surface area contributed by atoms with Crippen LogP contribution >= 0.6 is 0 Å². The molecular formula is C36H41N7O6. The predicted octanol–water partition coefficient (Wildman–Crippen LogP) is 6.37. The van der Waals surface area contributed by atoms with Gasteiger partial charge in [-0.3, -0.25) is 0 Å². The van der Waals surface area contributed by atoms with Gasteiger partial charge in [0.1, 0.15) is 30.7 Å². The molecule has 2 fully saturated rings. The zero-order valence-electron chi connectivity index (χ0n) is 27.7. The van der Waals surface area contributed by atoms with Crippen LogP contribution in [0.3, 0.4) is 0 Å². The van der Waals surface area contributed by atoms with E-state index in [9.17, 15) is 4.79 Å². The Balaban J connectivity index is 1.03. The molecule has 2 N–H and O–H groups in total. The molecule has 0 aliphatic carbocycles. The minimum Gasteiger partial charge on any atom is -0.491 e. The molecule has 2 unspecified atom stereocenters. The van der Waals surface area contributed by atoms with Crippen LogP contribution in [0.1, 0.15) is 50.6 Å². The van der Waals surface area contributed by atoms with E-state index in [2.05, 4.69) is 22.7 Å². The van der Waals surface area contributed by atoms with E-state index in [0.717, 1.165) is 53.4 Å². The number of aromatic nitrogens is 5. The Morgan fingerprint density at radius 3 is 2.63 bits per heavy atom. The van der Waals surface area contributed by atoms with Crippen LogP contribution in [0.4, 0.5) is 16.4 Å². The molecular weight excluding hydrogens is 626 g/mol. The van der Waals surface area contributed by atoms with Crippen molar-refractivity contribution in [1.82, 2.24) is 29.9 Å². The van der Waals surface area contributed by atoms with E-state index < -0.39 is 11.6 Å². The highest BCUT2D eigenvalue weighted by Crippen LogP contribution is 2.31. The molecule has 2 atom stereocenters. The number of alkyl carbamates (subject to hydrolysis) is 1. The summed E-state index contributed by atoms with van der Waals surface area (Å²) in [6, 6.07) is 23.2. The van der Waals surface area contributed by atoms with Crippen molar-refractivity contribution >= 4 is 28.6 Å². The summed E-state index contributed by atoms with van der Waals surface area (Å²) >= 11 is 0. The first-order valence-electron chi connectivity index (χ1n) is 16.7. The summed E-state index contributed by atoms with van der Waals surface area (Å²) in [5.41, 5.74) is 2.95. The zero-order chi connectivity index (χ0) is 33.6. The fraction of sp³-hybridized carbons (Fsp3) is 0.389. The van der Waals surface area contributed by atoms with Gasteiger partial charge in [-0.15, -0.1) is 5.10 Å². The lowest BCUT2D eigenvalue weighted by Gasteiger charge is -2.40. The van der Waals surface area contributed by atoms with E-state index in [1.54, 1.807) is 7.11 Å². The number of carbonyl (C=O) groups is 1. The lowest BCUT2D eigenvalue weighted by atomic mass is 9.99. The monoisotopic (exact) mass is 667 g/mol. The Kier molecular flexibility index (Phi) is 9.73. The van der Waals surface area contributed by atoms with E-state index in [1.807, 2.05) is 88.4 Å². The standard InChI is InChI=1S/C36H41N7O6/c1-3-31(45-2)42-30-17-14-28(19-27(30)20-37-42)38-34-39-33(41-43(34)32-11-7-8-18-47-32)26-12-15-29(16-13-26)49-24-36(22-46-23-36)40-35(44)48-21-25-9-5-4-6-10-25/h4-6,9-10,12-17,19-20,31-32H,3,7-8,11,18,21-24H2,1-2H3,(H,40,44)(H,38,39,41). The second-order valence-electron chi connectivity index (χ2n) is 12.4. The molecule has 2 aromatic heterocycles.